The zero-order valence-corrected chi connectivity index (χ0v) is 14.6. The Hall–Kier alpha value is -2.11. The van der Waals surface area contributed by atoms with Crippen molar-refractivity contribution in [1.29, 1.82) is 0 Å². The molecule has 0 amide bonds. The lowest BCUT2D eigenvalue weighted by molar-refractivity contribution is -0.145. The number of halogens is 3. The second kappa shape index (κ2) is 9.39. The highest BCUT2D eigenvalue weighted by molar-refractivity contribution is 6.32. The quantitative estimate of drug-likeness (QED) is 0.500. The first-order valence-corrected chi connectivity index (χ1v) is 8.26. The Labute approximate surface area is 154 Å². The third-order valence-electron chi connectivity index (χ3n) is 3.21. The van der Waals surface area contributed by atoms with Gasteiger partial charge in [-0.1, -0.05) is 41.4 Å². The second-order valence-corrected chi connectivity index (χ2v) is 6.01. The largest absolute Gasteiger partial charge is 0.461 e. The molecule has 7 heteroatoms. The van der Waals surface area contributed by atoms with Crippen LogP contribution in [0.5, 0.6) is 5.75 Å². The third kappa shape index (κ3) is 6.36. The van der Waals surface area contributed by atoms with Gasteiger partial charge in [0.25, 0.3) is 0 Å². The first kappa shape index (κ1) is 19.2. The van der Waals surface area contributed by atoms with Crippen molar-refractivity contribution >= 4 is 35.1 Å². The average Bonchev–Trinajstić information content (AvgIpc) is 2.58. The highest BCUT2D eigenvalue weighted by Crippen LogP contribution is 2.27. The van der Waals surface area contributed by atoms with Crippen LogP contribution in [0.1, 0.15) is 24.8 Å². The number of hydrogen-bond acceptors (Lipinski definition) is 4. The molecule has 0 atom stereocenters. The van der Waals surface area contributed by atoms with Crippen molar-refractivity contribution in [2.45, 2.75) is 25.9 Å². The summed E-state index contributed by atoms with van der Waals surface area (Å²) in [6, 6.07) is 10.9. The molecular formula is C18H15Cl2FO4. The van der Waals surface area contributed by atoms with E-state index in [9.17, 15) is 14.0 Å². The number of esters is 2. The summed E-state index contributed by atoms with van der Waals surface area (Å²) in [5.74, 6) is -2.13. The van der Waals surface area contributed by atoms with Gasteiger partial charge in [-0.15, -0.1) is 0 Å². The van der Waals surface area contributed by atoms with E-state index in [1.165, 1.54) is 12.1 Å². The Balaban J connectivity index is 1.70. The van der Waals surface area contributed by atoms with Crippen LogP contribution in [-0.2, 0) is 20.9 Å². The molecule has 0 saturated carbocycles. The van der Waals surface area contributed by atoms with Gasteiger partial charge < -0.3 is 9.47 Å². The molecule has 0 saturated heterocycles. The summed E-state index contributed by atoms with van der Waals surface area (Å²) in [6.07, 6.45) is 0.221. The lowest BCUT2D eigenvalue weighted by atomic mass is 10.2. The van der Waals surface area contributed by atoms with Crippen LogP contribution in [-0.4, -0.2) is 11.9 Å². The van der Waals surface area contributed by atoms with Crippen molar-refractivity contribution in [1.82, 2.24) is 0 Å². The van der Waals surface area contributed by atoms with E-state index in [0.29, 0.717) is 5.02 Å². The summed E-state index contributed by atoms with van der Waals surface area (Å²) in [7, 11) is 0. The molecule has 0 aromatic heterocycles. The standard InChI is InChI=1S/C18H15Cl2FO4/c19-13-9-7-12(8-10-13)11-24-16(22)5-2-6-17(23)25-18-14(20)3-1-4-15(18)21/h1,3-4,7-10H,2,5-6,11H2. The first-order chi connectivity index (χ1) is 12.0. The van der Waals surface area contributed by atoms with Crippen LogP contribution in [0.25, 0.3) is 0 Å². The predicted octanol–water partition coefficient (Wildman–Crippen LogP) is 4.95. The van der Waals surface area contributed by atoms with Crippen molar-refractivity contribution in [2.75, 3.05) is 0 Å². The smallest absolute Gasteiger partial charge is 0.311 e. The van der Waals surface area contributed by atoms with Crippen molar-refractivity contribution in [2.24, 2.45) is 0 Å². The van der Waals surface area contributed by atoms with E-state index in [1.54, 1.807) is 24.3 Å². The molecule has 2 aromatic carbocycles. The Morgan fingerprint density at radius 3 is 2.32 bits per heavy atom. The Kier molecular flexibility index (Phi) is 7.22. The third-order valence-corrected chi connectivity index (χ3v) is 3.76. The van der Waals surface area contributed by atoms with Crippen LogP contribution in [0.2, 0.25) is 10.0 Å². The number of carbonyl (C=O) groups excluding carboxylic acids is 2. The summed E-state index contributed by atoms with van der Waals surface area (Å²) in [5, 5.41) is 0.610. The van der Waals surface area contributed by atoms with Crippen LogP contribution in [0.3, 0.4) is 0 Å². The van der Waals surface area contributed by atoms with E-state index >= 15 is 0 Å². The monoisotopic (exact) mass is 384 g/mol. The van der Waals surface area contributed by atoms with Crippen molar-refractivity contribution < 1.29 is 23.5 Å². The second-order valence-electron chi connectivity index (χ2n) is 5.17. The molecule has 0 spiro atoms. The summed E-state index contributed by atoms with van der Waals surface area (Å²) in [6.45, 7) is 0.130. The number of hydrogen-bond donors (Lipinski definition) is 0. The fourth-order valence-corrected chi connectivity index (χ4v) is 2.27. The van der Waals surface area contributed by atoms with Gasteiger partial charge in [-0.3, -0.25) is 9.59 Å². The molecule has 0 N–H and O–H groups in total. The predicted molar refractivity (Wildman–Crippen MR) is 92.1 cm³/mol. The van der Waals surface area contributed by atoms with Gasteiger partial charge >= 0.3 is 11.9 Å². The maximum absolute atomic E-state index is 13.5. The number of benzene rings is 2. The normalized spacial score (nSPS) is 10.4. The Morgan fingerprint density at radius 2 is 1.64 bits per heavy atom. The summed E-state index contributed by atoms with van der Waals surface area (Å²) in [5.41, 5.74) is 0.811. The van der Waals surface area contributed by atoms with Gasteiger partial charge in [0.1, 0.15) is 6.61 Å². The lowest BCUT2D eigenvalue weighted by Crippen LogP contribution is -2.11. The van der Waals surface area contributed by atoms with Gasteiger partial charge in [0.2, 0.25) is 0 Å². The Morgan fingerprint density at radius 1 is 0.960 bits per heavy atom. The van der Waals surface area contributed by atoms with E-state index in [2.05, 4.69) is 0 Å². The molecule has 0 radical (unpaired) electrons. The first-order valence-electron chi connectivity index (χ1n) is 7.50. The molecule has 0 unspecified atom stereocenters. The van der Waals surface area contributed by atoms with Gasteiger partial charge in [-0.25, -0.2) is 4.39 Å². The summed E-state index contributed by atoms with van der Waals surface area (Å²) < 4.78 is 23.5. The van der Waals surface area contributed by atoms with E-state index in [0.717, 1.165) is 11.6 Å². The minimum atomic E-state index is -0.719. The number of rotatable bonds is 7. The summed E-state index contributed by atoms with van der Waals surface area (Å²) in [4.78, 5) is 23.3. The minimum Gasteiger partial charge on any atom is -0.461 e. The van der Waals surface area contributed by atoms with Gasteiger partial charge in [-0.2, -0.15) is 0 Å². The maximum Gasteiger partial charge on any atom is 0.311 e. The van der Waals surface area contributed by atoms with Crippen molar-refractivity contribution in [3.8, 4) is 5.75 Å². The molecule has 0 aliphatic rings. The molecule has 4 nitrogen and oxygen atoms in total. The van der Waals surface area contributed by atoms with E-state index < -0.39 is 17.8 Å². The zero-order valence-electron chi connectivity index (χ0n) is 13.1. The Bertz CT molecular complexity index is 727. The van der Waals surface area contributed by atoms with Gasteiger partial charge in [-0.05, 0) is 36.2 Å². The van der Waals surface area contributed by atoms with E-state index in [-0.39, 0.29) is 36.6 Å². The summed E-state index contributed by atoms with van der Waals surface area (Å²) >= 11 is 11.5. The van der Waals surface area contributed by atoms with Gasteiger partial charge in [0, 0.05) is 17.9 Å². The lowest BCUT2D eigenvalue weighted by Gasteiger charge is -2.07. The molecule has 0 aliphatic heterocycles. The fourth-order valence-electron chi connectivity index (χ4n) is 1.94. The number of ether oxygens (including phenoxy) is 2. The van der Waals surface area contributed by atoms with Crippen LogP contribution in [0, 0.1) is 5.82 Å². The fraction of sp³-hybridized carbons (Fsp3) is 0.222. The van der Waals surface area contributed by atoms with Gasteiger partial charge in [0.15, 0.2) is 11.6 Å². The van der Waals surface area contributed by atoms with Crippen molar-refractivity contribution in [3.63, 3.8) is 0 Å². The molecule has 2 aromatic rings. The van der Waals surface area contributed by atoms with E-state index in [1.807, 2.05) is 0 Å². The SMILES string of the molecule is O=C(CCCC(=O)Oc1c(F)cccc1Cl)OCc1ccc(Cl)cc1. The van der Waals surface area contributed by atoms with Crippen LogP contribution in [0.4, 0.5) is 4.39 Å². The van der Waals surface area contributed by atoms with E-state index in [4.69, 9.17) is 32.7 Å². The molecule has 2 rings (SSSR count). The molecular weight excluding hydrogens is 370 g/mol. The van der Waals surface area contributed by atoms with Gasteiger partial charge in [0.05, 0.1) is 5.02 Å². The average molecular weight is 385 g/mol. The molecule has 132 valence electrons. The highest BCUT2D eigenvalue weighted by Gasteiger charge is 2.14. The topological polar surface area (TPSA) is 52.6 Å². The molecule has 0 aliphatic carbocycles. The zero-order chi connectivity index (χ0) is 18.2. The van der Waals surface area contributed by atoms with Crippen LogP contribution >= 0.6 is 23.2 Å². The van der Waals surface area contributed by atoms with Crippen LogP contribution in [0.15, 0.2) is 42.5 Å². The van der Waals surface area contributed by atoms with Crippen molar-refractivity contribution in [3.05, 3.63) is 63.9 Å². The molecule has 0 bridgehead atoms. The highest BCUT2D eigenvalue weighted by atomic mass is 35.5. The number of carbonyl (C=O) groups is 2. The van der Waals surface area contributed by atoms with Crippen LogP contribution < -0.4 is 4.74 Å². The molecule has 0 fully saturated rings. The number of para-hydroxylation sites is 1. The minimum absolute atomic E-state index is 0.00993. The molecule has 25 heavy (non-hydrogen) atoms. The maximum atomic E-state index is 13.5. The molecule has 0 heterocycles.